The van der Waals surface area contributed by atoms with Crippen LogP contribution in [0.2, 0.25) is 0 Å². The van der Waals surface area contributed by atoms with Crippen LogP contribution in [0.1, 0.15) is 18.9 Å². The minimum atomic E-state index is 0.183. The van der Waals surface area contributed by atoms with Gasteiger partial charge < -0.3 is 10.2 Å². The third kappa shape index (κ3) is 1.69. The van der Waals surface area contributed by atoms with E-state index in [1.165, 1.54) is 5.56 Å². The molecule has 15 heavy (non-hydrogen) atoms. The predicted molar refractivity (Wildman–Crippen MR) is 62.3 cm³/mol. The highest BCUT2D eigenvalue weighted by atomic mass is 16.2. The second-order valence-corrected chi connectivity index (χ2v) is 3.80. The molecular formula is C12H16N2O. The van der Waals surface area contributed by atoms with E-state index in [1.807, 2.05) is 19.2 Å². The predicted octanol–water partition coefficient (Wildman–Crippen LogP) is 2.03. The molecule has 3 nitrogen and oxygen atoms in total. The number of amides is 1. The quantitative estimate of drug-likeness (QED) is 0.759. The number of hydrogen-bond acceptors (Lipinski definition) is 2. The zero-order chi connectivity index (χ0) is 10.8. The van der Waals surface area contributed by atoms with Crippen LogP contribution in [0.3, 0.4) is 0 Å². The van der Waals surface area contributed by atoms with E-state index in [-0.39, 0.29) is 5.91 Å². The van der Waals surface area contributed by atoms with Gasteiger partial charge in [0, 0.05) is 20.0 Å². The monoisotopic (exact) mass is 204 g/mol. The zero-order valence-electron chi connectivity index (χ0n) is 9.21. The van der Waals surface area contributed by atoms with Crippen LogP contribution in [-0.2, 0) is 11.2 Å². The van der Waals surface area contributed by atoms with Crippen molar-refractivity contribution in [1.29, 1.82) is 0 Å². The topological polar surface area (TPSA) is 32.3 Å². The van der Waals surface area contributed by atoms with Crippen molar-refractivity contribution in [2.45, 2.75) is 19.8 Å². The fraction of sp³-hybridized carbons (Fsp3) is 0.417. The van der Waals surface area contributed by atoms with Crippen LogP contribution in [0.5, 0.6) is 0 Å². The van der Waals surface area contributed by atoms with Gasteiger partial charge in [-0.3, -0.25) is 4.79 Å². The van der Waals surface area contributed by atoms with Gasteiger partial charge in [-0.25, -0.2) is 0 Å². The summed E-state index contributed by atoms with van der Waals surface area (Å²) in [7, 11) is 1.85. The van der Waals surface area contributed by atoms with Crippen LogP contribution in [0.25, 0.3) is 0 Å². The summed E-state index contributed by atoms with van der Waals surface area (Å²) in [6.45, 7) is 2.84. The molecule has 1 amide bonds. The lowest BCUT2D eigenvalue weighted by Gasteiger charge is -2.20. The van der Waals surface area contributed by atoms with Crippen molar-refractivity contribution in [2.75, 3.05) is 23.8 Å². The molecule has 0 bridgehead atoms. The van der Waals surface area contributed by atoms with Gasteiger partial charge in [-0.1, -0.05) is 19.1 Å². The molecule has 0 aliphatic carbocycles. The first kappa shape index (κ1) is 10.0. The van der Waals surface area contributed by atoms with Crippen LogP contribution >= 0.6 is 0 Å². The van der Waals surface area contributed by atoms with E-state index in [4.69, 9.17) is 0 Å². The number of carbonyl (C=O) groups is 1. The van der Waals surface area contributed by atoms with E-state index in [0.717, 1.165) is 24.3 Å². The van der Waals surface area contributed by atoms with Gasteiger partial charge in [-0.05, 0) is 18.1 Å². The molecule has 1 aliphatic rings. The van der Waals surface area contributed by atoms with Gasteiger partial charge in [0.05, 0.1) is 11.4 Å². The van der Waals surface area contributed by atoms with E-state index in [9.17, 15) is 4.79 Å². The highest BCUT2D eigenvalue weighted by Crippen LogP contribution is 2.31. The van der Waals surface area contributed by atoms with Crippen molar-refractivity contribution in [3.8, 4) is 0 Å². The molecule has 1 aromatic rings. The van der Waals surface area contributed by atoms with Crippen molar-refractivity contribution in [2.24, 2.45) is 0 Å². The molecule has 1 aliphatic heterocycles. The summed E-state index contributed by atoms with van der Waals surface area (Å²) in [5.41, 5.74) is 3.34. The molecule has 80 valence electrons. The Balaban J connectivity index is 2.54. The van der Waals surface area contributed by atoms with E-state index in [2.05, 4.69) is 18.3 Å². The van der Waals surface area contributed by atoms with Crippen molar-refractivity contribution < 1.29 is 4.79 Å². The molecule has 0 unspecified atom stereocenters. The second-order valence-electron chi connectivity index (χ2n) is 3.80. The molecule has 0 saturated carbocycles. The summed E-state index contributed by atoms with van der Waals surface area (Å²) in [4.78, 5) is 13.5. The third-order valence-corrected chi connectivity index (χ3v) is 2.86. The van der Waals surface area contributed by atoms with Gasteiger partial charge in [0.2, 0.25) is 5.91 Å². The highest BCUT2D eigenvalue weighted by molar-refractivity contribution is 5.98. The second kappa shape index (κ2) is 3.93. The Kier molecular flexibility index (Phi) is 2.62. The average Bonchev–Trinajstić information content (AvgIpc) is 2.40. The SMILES string of the molecule is CCc1cccc2c1N(C)C(=O)CCN2. The molecule has 1 aromatic carbocycles. The lowest BCUT2D eigenvalue weighted by molar-refractivity contribution is -0.118. The molecule has 1 N–H and O–H groups in total. The van der Waals surface area contributed by atoms with Gasteiger partial charge in [0.1, 0.15) is 0 Å². The smallest absolute Gasteiger partial charge is 0.228 e. The summed E-state index contributed by atoms with van der Waals surface area (Å²) in [5, 5.41) is 3.30. The first-order chi connectivity index (χ1) is 7.24. The number of aryl methyl sites for hydroxylation is 1. The number of anilines is 2. The average molecular weight is 204 g/mol. The number of fused-ring (bicyclic) bond motifs is 1. The number of para-hydroxylation sites is 1. The fourth-order valence-corrected chi connectivity index (χ4v) is 2.01. The van der Waals surface area contributed by atoms with E-state index in [1.54, 1.807) is 4.90 Å². The van der Waals surface area contributed by atoms with E-state index in [0.29, 0.717) is 6.42 Å². The number of benzene rings is 1. The first-order valence-corrected chi connectivity index (χ1v) is 5.36. The summed E-state index contributed by atoms with van der Waals surface area (Å²) in [6.07, 6.45) is 1.51. The molecule has 0 radical (unpaired) electrons. The highest BCUT2D eigenvalue weighted by Gasteiger charge is 2.20. The summed E-state index contributed by atoms with van der Waals surface area (Å²) < 4.78 is 0. The Bertz CT molecular complexity index is 387. The Morgan fingerprint density at radius 1 is 1.47 bits per heavy atom. The van der Waals surface area contributed by atoms with Gasteiger partial charge >= 0.3 is 0 Å². The van der Waals surface area contributed by atoms with Gasteiger partial charge in [0.25, 0.3) is 0 Å². The molecular weight excluding hydrogens is 188 g/mol. The van der Waals surface area contributed by atoms with Gasteiger partial charge in [-0.2, -0.15) is 0 Å². The largest absolute Gasteiger partial charge is 0.383 e. The molecule has 2 rings (SSSR count). The first-order valence-electron chi connectivity index (χ1n) is 5.36. The summed E-state index contributed by atoms with van der Waals surface area (Å²) >= 11 is 0. The van der Waals surface area contributed by atoms with Crippen LogP contribution < -0.4 is 10.2 Å². The maximum atomic E-state index is 11.7. The van der Waals surface area contributed by atoms with Crippen LogP contribution in [0.15, 0.2) is 18.2 Å². The minimum Gasteiger partial charge on any atom is -0.383 e. The van der Waals surface area contributed by atoms with Crippen LogP contribution in [0, 0.1) is 0 Å². The lowest BCUT2D eigenvalue weighted by atomic mass is 10.1. The normalized spacial score (nSPS) is 15.6. The maximum absolute atomic E-state index is 11.7. The van der Waals surface area contributed by atoms with Crippen molar-refractivity contribution in [1.82, 2.24) is 0 Å². The fourth-order valence-electron chi connectivity index (χ4n) is 2.01. The van der Waals surface area contributed by atoms with E-state index >= 15 is 0 Å². The standard InChI is InChI=1S/C12H16N2O/c1-3-9-5-4-6-10-12(9)14(2)11(15)7-8-13-10/h4-6,13H,3,7-8H2,1-2H3. The van der Waals surface area contributed by atoms with Gasteiger partial charge in [-0.15, -0.1) is 0 Å². The number of nitrogens with one attached hydrogen (secondary N) is 1. The molecule has 0 fully saturated rings. The third-order valence-electron chi connectivity index (χ3n) is 2.86. The number of carbonyl (C=O) groups excluding carboxylic acids is 1. The lowest BCUT2D eigenvalue weighted by Crippen LogP contribution is -2.26. The Hall–Kier alpha value is -1.51. The maximum Gasteiger partial charge on any atom is 0.228 e. The molecule has 0 aromatic heterocycles. The zero-order valence-corrected chi connectivity index (χ0v) is 9.21. The van der Waals surface area contributed by atoms with E-state index < -0.39 is 0 Å². The van der Waals surface area contributed by atoms with Crippen molar-refractivity contribution in [3.05, 3.63) is 23.8 Å². The number of nitrogens with zero attached hydrogens (tertiary/aromatic N) is 1. The van der Waals surface area contributed by atoms with Crippen LogP contribution in [0.4, 0.5) is 11.4 Å². The van der Waals surface area contributed by atoms with Crippen molar-refractivity contribution >= 4 is 17.3 Å². The number of rotatable bonds is 1. The van der Waals surface area contributed by atoms with Crippen LogP contribution in [-0.4, -0.2) is 19.5 Å². The Morgan fingerprint density at radius 2 is 2.27 bits per heavy atom. The molecule has 1 heterocycles. The molecule has 0 spiro atoms. The van der Waals surface area contributed by atoms with Crippen molar-refractivity contribution in [3.63, 3.8) is 0 Å². The molecule has 0 atom stereocenters. The summed E-state index contributed by atoms with van der Waals surface area (Å²) in [5.74, 6) is 0.183. The summed E-state index contributed by atoms with van der Waals surface area (Å²) in [6, 6.07) is 6.15. The Labute approximate surface area is 90.1 Å². The molecule has 0 saturated heterocycles. The molecule has 3 heteroatoms. The number of hydrogen-bond donors (Lipinski definition) is 1. The van der Waals surface area contributed by atoms with Gasteiger partial charge in [0.15, 0.2) is 0 Å². The minimum absolute atomic E-state index is 0.183. The Morgan fingerprint density at radius 3 is 3.00 bits per heavy atom.